The van der Waals surface area contributed by atoms with Crippen molar-refractivity contribution in [2.75, 3.05) is 12.3 Å². The van der Waals surface area contributed by atoms with Crippen molar-refractivity contribution in [3.05, 3.63) is 29.8 Å². The van der Waals surface area contributed by atoms with Gasteiger partial charge < -0.3 is 31.7 Å². The van der Waals surface area contributed by atoms with Crippen molar-refractivity contribution in [1.29, 1.82) is 0 Å². The van der Waals surface area contributed by atoms with E-state index >= 15 is 0 Å². The Balaban J connectivity index is 1.51. The van der Waals surface area contributed by atoms with E-state index in [-0.39, 0.29) is 11.9 Å². The van der Waals surface area contributed by atoms with Crippen molar-refractivity contribution >= 4 is 41.1 Å². The fourth-order valence-electron chi connectivity index (χ4n) is 4.52. The van der Waals surface area contributed by atoms with Crippen LogP contribution < -0.4 is 21.7 Å². The van der Waals surface area contributed by atoms with Crippen molar-refractivity contribution in [2.24, 2.45) is 0 Å². The minimum absolute atomic E-state index is 0.289. The first-order valence-electron chi connectivity index (χ1n) is 10.5. The summed E-state index contributed by atoms with van der Waals surface area (Å²) < 4.78 is -0.690. The van der Waals surface area contributed by atoms with Crippen LogP contribution in [0.3, 0.4) is 0 Å². The monoisotopic (exact) mass is 461 g/mol. The van der Waals surface area contributed by atoms with Gasteiger partial charge in [0.1, 0.15) is 23.5 Å². The van der Waals surface area contributed by atoms with Crippen molar-refractivity contribution in [1.82, 2.24) is 20.9 Å². The predicted octanol–water partition coefficient (Wildman–Crippen LogP) is -0.190. The number of rotatable bonds is 6. The number of fused-ring (bicyclic) bond motifs is 1. The van der Waals surface area contributed by atoms with Gasteiger partial charge in [0.05, 0.1) is 6.04 Å². The van der Waals surface area contributed by atoms with Crippen LogP contribution in [0.2, 0.25) is 0 Å². The molecule has 5 atom stereocenters. The lowest BCUT2D eigenvalue weighted by Crippen LogP contribution is -2.71. The molecule has 0 bridgehead atoms. The lowest BCUT2D eigenvalue weighted by molar-refractivity contribution is -0.161. The topological polar surface area (TPSA) is 154 Å². The maximum atomic E-state index is 13.2. The van der Waals surface area contributed by atoms with E-state index in [1.165, 1.54) is 16.7 Å². The minimum Gasteiger partial charge on any atom is -0.480 e. The molecule has 6 N–H and O–H groups in total. The van der Waals surface area contributed by atoms with E-state index in [2.05, 4.69) is 16.0 Å². The fourth-order valence-corrected chi connectivity index (χ4v) is 6.15. The summed E-state index contributed by atoms with van der Waals surface area (Å²) >= 11 is 1.35. The van der Waals surface area contributed by atoms with E-state index in [4.69, 9.17) is 5.73 Å². The Morgan fingerprint density at radius 1 is 1.28 bits per heavy atom. The second-order valence-electron chi connectivity index (χ2n) is 8.84. The Morgan fingerprint density at radius 2 is 1.97 bits per heavy atom. The van der Waals surface area contributed by atoms with Gasteiger partial charge in [-0.3, -0.25) is 14.4 Å². The maximum Gasteiger partial charge on any atom is 0.327 e. The Morgan fingerprint density at radius 3 is 2.56 bits per heavy atom. The number of carboxylic acids is 1. The number of nitrogen functional groups attached to an aromatic ring is 1. The van der Waals surface area contributed by atoms with Crippen LogP contribution in [0.5, 0.6) is 0 Å². The molecule has 0 spiro atoms. The zero-order valence-corrected chi connectivity index (χ0v) is 18.6. The third-order valence-electron chi connectivity index (χ3n) is 6.17. The zero-order valence-electron chi connectivity index (χ0n) is 17.8. The number of β-lactam (4-membered cyclic amide) rings is 1. The average molecular weight is 462 g/mol. The molecule has 172 valence electrons. The van der Waals surface area contributed by atoms with Gasteiger partial charge in [-0.25, -0.2) is 4.79 Å². The van der Waals surface area contributed by atoms with Crippen LogP contribution in [0, 0.1) is 0 Å². The van der Waals surface area contributed by atoms with Gasteiger partial charge in [0.2, 0.25) is 17.7 Å². The highest BCUT2D eigenvalue weighted by Crippen LogP contribution is 2.50. The molecule has 1 unspecified atom stereocenters. The third-order valence-corrected chi connectivity index (χ3v) is 7.74. The predicted molar refractivity (Wildman–Crippen MR) is 118 cm³/mol. The molecule has 0 aromatic heterocycles. The molecular formula is C21H27N5O5S. The highest BCUT2D eigenvalue weighted by molar-refractivity contribution is 8.01. The second kappa shape index (κ2) is 8.28. The molecule has 0 saturated carbocycles. The molecule has 1 aromatic carbocycles. The van der Waals surface area contributed by atoms with E-state index in [0.29, 0.717) is 17.7 Å². The SMILES string of the molecule is CC1(C)S[C@@H]2[C@H](NC(=O)C(NC(=O)[C@@H]3CCCN3)c3ccc(N)cc3)C(=O)N2[C@H]1C(=O)O. The first kappa shape index (κ1) is 22.4. The quantitative estimate of drug-likeness (QED) is 0.289. The number of aliphatic carboxylic acids is 1. The van der Waals surface area contributed by atoms with E-state index in [9.17, 15) is 24.3 Å². The normalized spacial score (nSPS) is 29.1. The third kappa shape index (κ3) is 3.90. The van der Waals surface area contributed by atoms with Crippen molar-refractivity contribution in [3.8, 4) is 0 Å². The minimum atomic E-state index is -1.07. The molecule has 4 rings (SSSR count). The number of carbonyl (C=O) groups is 4. The number of nitrogens with zero attached hydrogens (tertiary/aromatic N) is 1. The van der Waals surface area contributed by atoms with E-state index < -0.39 is 46.0 Å². The Hall–Kier alpha value is -2.79. The lowest BCUT2D eigenvalue weighted by Gasteiger charge is -2.44. The van der Waals surface area contributed by atoms with Gasteiger partial charge in [-0.2, -0.15) is 0 Å². The van der Waals surface area contributed by atoms with Crippen molar-refractivity contribution < 1.29 is 24.3 Å². The number of amides is 3. The van der Waals surface area contributed by atoms with Crippen LogP contribution in [0.25, 0.3) is 0 Å². The van der Waals surface area contributed by atoms with Gasteiger partial charge in [0.15, 0.2) is 0 Å². The van der Waals surface area contributed by atoms with Crippen LogP contribution in [-0.2, 0) is 19.2 Å². The van der Waals surface area contributed by atoms with Gasteiger partial charge in [-0.15, -0.1) is 11.8 Å². The molecule has 3 aliphatic heterocycles. The summed E-state index contributed by atoms with van der Waals surface area (Å²) in [5, 5.41) is 17.7. The summed E-state index contributed by atoms with van der Waals surface area (Å²) in [5.74, 6) is -2.33. The number of nitrogens with two attached hydrogens (primary N) is 1. The van der Waals surface area contributed by atoms with Crippen molar-refractivity contribution in [3.63, 3.8) is 0 Å². The summed E-state index contributed by atoms with van der Waals surface area (Å²) in [6.45, 7) is 4.28. The van der Waals surface area contributed by atoms with Gasteiger partial charge in [-0.05, 0) is 50.9 Å². The van der Waals surface area contributed by atoms with E-state index in [1.54, 1.807) is 38.1 Å². The number of hydrogen-bond acceptors (Lipinski definition) is 7. The molecule has 10 nitrogen and oxygen atoms in total. The van der Waals surface area contributed by atoms with Gasteiger partial charge in [0.25, 0.3) is 0 Å². The summed E-state index contributed by atoms with van der Waals surface area (Å²) in [6, 6.07) is 3.39. The van der Waals surface area contributed by atoms with Crippen LogP contribution in [0.1, 0.15) is 38.3 Å². The molecule has 1 aromatic rings. The summed E-state index contributed by atoms with van der Waals surface area (Å²) in [6.07, 6.45) is 1.56. The molecule has 3 fully saturated rings. The number of benzene rings is 1. The molecular weight excluding hydrogens is 434 g/mol. The van der Waals surface area contributed by atoms with E-state index in [1.807, 2.05) is 0 Å². The molecule has 0 aliphatic carbocycles. The molecule has 3 aliphatic rings. The van der Waals surface area contributed by atoms with Gasteiger partial charge >= 0.3 is 5.97 Å². The zero-order chi connectivity index (χ0) is 23.2. The Labute approximate surface area is 189 Å². The highest BCUT2D eigenvalue weighted by atomic mass is 32.2. The summed E-state index contributed by atoms with van der Waals surface area (Å²) in [4.78, 5) is 51.7. The number of thioether (sulfide) groups is 1. The average Bonchev–Trinajstić information content (AvgIpc) is 3.35. The largest absolute Gasteiger partial charge is 0.480 e. The fraction of sp³-hybridized carbons (Fsp3) is 0.524. The first-order valence-corrected chi connectivity index (χ1v) is 11.4. The highest BCUT2D eigenvalue weighted by Gasteiger charge is 2.64. The molecule has 3 heterocycles. The Kier molecular flexibility index (Phi) is 5.80. The van der Waals surface area contributed by atoms with Crippen LogP contribution in [0.4, 0.5) is 5.69 Å². The standard InChI is InChI=1S/C21H27N5O5S/c1-21(2)15(20(30)31)26-18(29)14(19(26)32-21)25-17(28)13(10-5-7-11(22)8-6-10)24-16(27)12-4-3-9-23-12/h5-8,12-15,19,23H,3-4,9,22H2,1-2H3,(H,24,27)(H,25,28)(H,30,31)/t12-,13?,14+,15-,19+/m0/s1. The molecule has 11 heteroatoms. The number of carboxylic acid groups (broad SMARTS) is 1. The summed E-state index contributed by atoms with van der Waals surface area (Å²) in [7, 11) is 0. The molecule has 3 amide bonds. The maximum absolute atomic E-state index is 13.2. The smallest absolute Gasteiger partial charge is 0.327 e. The Bertz CT molecular complexity index is 946. The molecule has 0 radical (unpaired) electrons. The van der Waals surface area contributed by atoms with Crippen LogP contribution in [-0.4, -0.2) is 68.5 Å². The second-order valence-corrected chi connectivity index (χ2v) is 10.6. The number of carbonyl (C=O) groups excluding carboxylic acids is 3. The number of nitrogens with one attached hydrogen (secondary N) is 3. The van der Waals surface area contributed by atoms with Gasteiger partial charge in [0, 0.05) is 10.4 Å². The summed E-state index contributed by atoms with van der Waals surface area (Å²) in [5.41, 5.74) is 6.81. The van der Waals surface area contributed by atoms with Crippen LogP contribution in [0.15, 0.2) is 24.3 Å². The number of anilines is 1. The first-order chi connectivity index (χ1) is 15.1. The van der Waals surface area contributed by atoms with Crippen LogP contribution >= 0.6 is 11.8 Å². The van der Waals surface area contributed by atoms with Crippen molar-refractivity contribution in [2.45, 2.75) is 61.0 Å². The lowest BCUT2D eigenvalue weighted by atomic mass is 9.95. The van der Waals surface area contributed by atoms with E-state index in [0.717, 1.165) is 13.0 Å². The van der Waals surface area contributed by atoms with Gasteiger partial charge in [-0.1, -0.05) is 12.1 Å². The number of hydrogen-bond donors (Lipinski definition) is 5. The molecule has 32 heavy (non-hydrogen) atoms. The molecule has 3 saturated heterocycles.